The maximum absolute atomic E-state index is 11.4. The largest absolute Gasteiger partial charge is 0.779 e. The number of unbranched alkanes of at least 4 members (excludes halogenated alkanes) is 3. The smallest absolute Gasteiger partial charge is 0.328 e. The van der Waals surface area contributed by atoms with Gasteiger partial charge in [0.05, 0.1) is 0 Å². The van der Waals surface area contributed by atoms with Crippen LogP contribution in [0, 0.1) is 6.92 Å². The SMILES string of the molecule is Cc1cn(CCCCCCP(=O)([O-])O)c(=O)[nH]c1=O.[NH4+]. The maximum atomic E-state index is 11.4. The molecule has 1 unspecified atom stereocenters. The lowest BCUT2D eigenvalue weighted by molar-refractivity contribution is -0.193. The van der Waals surface area contributed by atoms with E-state index in [-0.39, 0.29) is 17.9 Å². The number of aryl methyl sites for hydroxylation is 2. The van der Waals surface area contributed by atoms with Crippen molar-refractivity contribution in [2.45, 2.75) is 39.2 Å². The number of nitrogens with one attached hydrogen (secondary N) is 1. The highest BCUT2D eigenvalue weighted by molar-refractivity contribution is 7.50. The first-order valence-corrected chi connectivity index (χ1v) is 7.89. The number of hydrogen-bond donors (Lipinski definition) is 3. The fourth-order valence-electron chi connectivity index (χ4n) is 1.73. The van der Waals surface area contributed by atoms with Gasteiger partial charge in [-0.15, -0.1) is 0 Å². The first kappa shape index (κ1) is 18.8. The van der Waals surface area contributed by atoms with Crippen molar-refractivity contribution in [2.75, 3.05) is 6.16 Å². The molecule has 20 heavy (non-hydrogen) atoms. The molecule has 1 aromatic rings. The van der Waals surface area contributed by atoms with Crippen LogP contribution >= 0.6 is 7.60 Å². The van der Waals surface area contributed by atoms with Crippen LogP contribution < -0.4 is 22.3 Å². The highest BCUT2D eigenvalue weighted by Crippen LogP contribution is 2.30. The predicted molar refractivity (Wildman–Crippen MR) is 75.2 cm³/mol. The minimum atomic E-state index is -4.14. The van der Waals surface area contributed by atoms with Crippen molar-refractivity contribution in [3.05, 3.63) is 32.6 Å². The van der Waals surface area contributed by atoms with Crippen LogP contribution in [0.15, 0.2) is 15.8 Å². The summed E-state index contributed by atoms with van der Waals surface area (Å²) in [4.78, 5) is 43.9. The van der Waals surface area contributed by atoms with Crippen LogP contribution in [0.2, 0.25) is 0 Å². The van der Waals surface area contributed by atoms with Crippen LogP contribution in [-0.2, 0) is 11.1 Å². The van der Waals surface area contributed by atoms with E-state index in [1.54, 1.807) is 6.92 Å². The van der Waals surface area contributed by atoms with Gasteiger partial charge in [0, 0.05) is 24.5 Å². The van der Waals surface area contributed by atoms with Gasteiger partial charge in [-0.1, -0.05) is 12.8 Å². The molecule has 0 spiro atoms. The molecule has 1 heterocycles. The molecule has 0 aliphatic carbocycles. The van der Waals surface area contributed by atoms with Gasteiger partial charge < -0.3 is 25.1 Å². The van der Waals surface area contributed by atoms with Crippen molar-refractivity contribution in [3.63, 3.8) is 0 Å². The maximum Gasteiger partial charge on any atom is 0.328 e. The Balaban J connectivity index is 0.00000361. The minimum Gasteiger partial charge on any atom is -0.779 e. The molecule has 8 nitrogen and oxygen atoms in total. The van der Waals surface area contributed by atoms with E-state index < -0.39 is 13.3 Å². The monoisotopic (exact) mass is 307 g/mol. The summed E-state index contributed by atoms with van der Waals surface area (Å²) >= 11 is 0. The molecule has 1 rings (SSSR count). The van der Waals surface area contributed by atoms with Gasteiger partial charge in [-0.2, -0.15) is 0 Å². The molecule has 0 saturated carbocycles. The fraction of sp³-hybridized carbons (Fsp3) is 0.636. The molecular weight excluding hydrogens is 285 g/mol. The second-order valence-electron chi connectivity index (χ2n) is 4.54. The summed E-state index contributed by atoms with van der Waals surface area (Å²) in [6.45, 7) is 2.10. The molecule has 0 radical (unpaired) electrons. The molecule has 0 aliphatic rings. The van der Waals surface area contributed by atoms with Crippen LogP contribution in [-0.4, -0.2) is 20.6 Å². The molecule has 116 valence electrons. The third-order valence-corrected chi connectivity index (χ3v) is 3.66. The van der Waals surface area contributed by atoms with Gasteiger partial charge in [0.15, 0.2) is 0 Å². The van der Waals surface area contributed by atoms with Gasteiger partial charge in [0.2, 0.25) is 0 Å². The number of rotatable bonds is 7. The van der Waals surface area contributed by atoms with Gasteiger partial charge in [-0.3, -0.25) is 9.78 Å². The lowest BCUT2D eigenvalue weighted by Crippen LogP contribution is -2.30. The highest BCUT2D eigenvalue weighted by Gasteiger charge is 2.02. The summed E-state index contributed by atoms with van der Waals surface area (Å²) in [5, 5.41) is 0. The van der Waals surface area contributed by atoms with Gasteiger partial charge in [-0.05, 0) is 19.8 Å². The normalized spacial score (nSPS) is 13.6. The first-order valence-electron chi connectivity index (χ1n) is 6.13. The van der Waals surface area contributed by atoms with E-state index in [1.165, 1.54) is 10.8 Å². The van der Waals surface area contributed by atoms with Gasteiger partial charge in [0.1, 0.15) is 7.60 Å². The van der Waals surface area contributed by atoms with E-state index in [4.69, 9.17) is 4.89 Å². The first-order chi connectivity index (χ1) is 8.79. The van der Waals surface area contributed by atoms with Crippen LogP contribution in [0.3, 0.4) is 0 Å². The molecule has 0 fully saturated rings. The van der Waals surface area contributed by atoms with Gasteiger partial charge >= 0.3 is 5.69 Å². The highest BCUT2D eigenvalue weighted by atomic mass is 31.2. The summed E-state index contributed by atoms with van der Waals surface area (Å²) in [5.74, 6) is 0. The van der Waals surface area contributed by atoms with E-state index in [2.05, 4.69) is 4.98 Å². The quantitative estimate of drug-likeness (QED) is 0.489. The Morgan fingerprint density at radius 1 is 1.30 bits per heavy atom. The fourth-order valence-corrected chi connectivity index (χ4v) is 2.36. The van der Waals surface area contributed by atoms with E-state index in [9.17, 15) is 19.0 Å². The number of aromatic nitrogens is 2. The number of quaternary nitrogens is 1. The molecule has 6 N–H and O–H groups in total. The number of H-pyrrole nitrogens is 1. The van der Waals surface area contributed by atoms with Crippen LogP contribution in [0.25, 0.3) is 0 Å². The van der Waals surface area contributed by atoms with Gasteiger partial charge in [-0.25, -0.2) is 4.79 Å². The topological polar surface area (TPSA) is 152 Å². The lowest BCUT2D eigenvalue weighted by atomic mass is 10.2. The lowest BCUT2D eigenvalue weighted by Gasteiger charge is -2.14. The summed E-state index contributed by atoms with van der Waals surface area (Å²) in [6, 6.07) is 0. The van der Waals surface area contributed by atoms with Crippen LogP contribution in [0.4, 0.5) is 0 Å². The Kier molecular flexibility index (Phi) is 7.67. The summed E-state index contributed by atoms with van der Waals surface area (Å²) in [7, 11) is -4.14. The summed E-state index contributed by atoms with van der Waals surface area (Å²) in [5.41, 5.74) is -0.336. The van der Waals surface area contributed by atoms with E-state index in [0.717, 1.165) is 6.42 Å². The van der Waals surface area contributed by atoms with Gasteiger partial charge in [0.25, 0.3) is 5.56 Å². The van der Waals surface area contributed by atoms with Crippen molar-refractivity contribution >= 4 is 7.60 Å². The van der Waals surface area contributed by atoms with Crippen LogP contribution in [0.5, 0.6) is 0 Å². The van der Waals surface area contributed by atoms with E-state index in [0.29, 0.717) is 31.4 Å². The molecule has 0 aliphatic heterocycles. The Labute approximate surface area is 116 Å². The van der Waals surface area contributed by atoms with Crippen molar-refractivity contribution in [2.24, 2.45) is 0 Å². The van der Waals surface area contributed by atoms with Crippen molar-refractivity contribution in [3.8, 4) is 0 Å². The average Bonchev–Trinajstić information content (AvgIpc) is 2.28. The summed E-state index contributed by atoms with van der Waals surface area (Å²) in [6.07, 6.45) is 3.86. The Bertz CT molecular complexity index is 574. The Morgan fingerprint density at radius 2 is 1.90 bits per heavy atom. The van der Waals surface area contributed by atoms with Crippen molar-refractivity contribution in [1.29, 1.82) is 0 Å². The molecular formula is C11H22N3O5P. The zero-order valence-electron chi connectivity index (χ0n) is 11.8. The third-order valence-electron chi connectivity index (χ3n) is 2.78. The zero-order chi connectivity index (χ0) is 14.5. The molecule has 0 saturated heterocycles. The van der Waals surface area contributed by atoms with E-state index in [1.807, 2.05) is 0 Å². The van der Waals surface area contributed by atoms with E-state index >= 15 is 0 Å². The minimum absolute atomic E-state index is 0. The van der Waals surface area contributed by atoms with Crippen molar-refractivity contribution in [1.82, 2.24) is 15.7 Å². The molecule has 1 atom stereocenters. The third kappa shape index (κ3) is 6.81. The molecule has 0 amide bonds. The molecule has 1 aromatic heterocycles. The number of aromatic amines is 1. The predicted octanol–water partition coefficient (Wildman–Crippen LogP) is 0.327. The zero-order valence-corrected chi connectivity index (χ0v) is 12.7. The summed E-state index contributed by atoms with van der Waals surface area (Å²) < 4.78 is 11.9. The average molecular weight is 307 g/mol. The molecule has 0 bridgehead atoms. The van der Waals surface area contributed by atoms with Crippen molar-refractivity contribution < 1.29 is 14.4 Å². The molecule has 9 heteroatoms. The molecule has 0 aromatic carbocycles. The number of nitrogens with zero attached hydrogens (tertiary/aromatic N) is 1. The Hall–Kier alpha value is -1.21. The van der Waals surface area contributed by atoms with Crippen LogP contribution in [0.1, 0.15) is 31.2 Å². The second-order valence-corrected chi connectivity index (χ2v) is 6.26. The second kappa shape index (κ2) is 8.16. The Morgan fingerprint density at radius 3 is 2.50 bits per heavy atom. The standard InChI is InChI=1S/C11H19N2O5P.H3N/c1-9-8-13(11(15)12-10(9)14)6-4-2-3-5-7-19(16,17)18;/h8H,2-7H2,1H3,(H,12,14,15)(H2,16,17,18);1H3. The number of hydrogen-bond acceptors (Lipinski definition) is 4.